The fraction of sp³-hybridized carbons (Fsp3) is 0.304. The molecule has 1 aliphatic rings. The molecule has 4 nitrogen and oxygen atoms in total. The molecule has 0 unspecified atom stereocenters. The van der Waals surface area contributed by atoms with Crippen molar-refractivity contribution in [3.8, 4) is 0 Å². The van der Waals surface area contributed by atoms with E-state index in [2.05, 4.69) is 61.3 Å². The van der Waals surface area contributed by atoms with Gasteiger partial charge in [0, 0.05) is 17.1 Å². The average Bonchev–Trinajstić information content (AvgIpc) is 3.10. The Hall–Kier alpha value is -2.15. The van der Waals surface area contributed by atoms with Gasteiger partial charge in [-0.15, -0.1) is 11.3 Å². The number of hydrogen-bond acceptors (Lipinski definition) is 6. The number of thioether (sulfide) groups is 1. The van der Waals surface area contributed by atoms with E-state index in [-0.39, 0.29) is 6.10 Å². The second-order valence-electron chi connectivity index (χ2n) is 7.80. The minimum Gasteiger partial charge on any atom is -0.383 e. The predicted molar refractivity (Wildman–Crippen MR) is 122 cm³/mol. The summed E-state index contributed by atoms with van der Waals surface area (Å²) in [5.74, 6) is 1.89. The summed E-state index contributed by atoms with van der Waals surface area (Å²) in [7, 11) is 0. The van der Waals surface area contributed by atoms with Gasteiger partial charge in [0.05, 0.1) is 18.1 Å². The Morgan fingerprint density at radius 3 is 2.86 bits per heavy atom. The lowest BCUT2D eigenvalue weighted by Gasteiger charge is -2.26. The van der Waals surface area contributed by atoms with Crippen molar-refractivity contribution in [3.63, 3.8) is 0 Å². The summed E-state index contributed by atoms with van der Waals surface area (Å²) >= 11 is 3.34. The molecule has 1 atom stereocenters. The van der Waals surface area contributed by atoms with Crippen LogP contribution in [-0.2, 0) is 23.5 Å². The molecule has 4 aromatic rings. The van der Waals surface area contributed by atoms with Gasteiger partial charge in [-0.25, -0.2) is 9.97 Å². The Kier molecular flexibility index (Phi) is 4.94. The average molecular weight is 422 g/mol. The van der Waals surface area contributed by atoms with E-state index in [4.69, 9.17) is 15.5 Å². The predicted octanol–water partition coefficient (Wildman–Crippen LogP) is 5.82. The first-order valence-electron chi connectivity index (χ1n) is 9.89. The molecule has 0 amide bonds. The molecule has 0 aliphatic carbocycles. The normalized spacial score (nSPS) is 16.6. The van der Waals surface area contributed by atoms with Crippen LogP contribution in [0.15, 0.2) is 47.6 Å². The zero-order valence-electron chi connectivity index (χ0n) is 16.5. The number of hydrogen-bond donors (Lipinski definition) is 1. The van der Waals surface area contributed by atoms with E-state index in [0.29, 0.717) is 18.3 Å². The molecule has 148 valence electrons. The number of rotatable bonds is 4. The van der Waals surface area contributed by atoms with Gasteiger partial charge in [0.25, 0.3) is 0 Å². The maximum atomic E-state index is 6.41. The highest BCUT2D eigenvalue weighted by atomic mass is 32.2. The van der Waals surface area contributed by atoms with Crippen LogP contribution < -0.4 is 5.73 Å². The van der Waals surface area contributed by atoms with Crippen LogP contribution >= 0.6 is 23.1 Å². The highest BCUT2D eigenvalue weighted by molar-refractivity contribution is 7.98. The van der Waals surface area contributed by atoms with E-state index in [9.17, 15) is 0 Å². The van der Waals surface area contributed by atoms with Crippen LogP contribution in [-0.4, -0.2) is 16.1 Å². The van der Waals surface area contributed by atoms with Crippen molar-refractivity contribution in [1.82, 2.24) is 9.97 Å². The van der Waals surface area contributed by atoms with Crippen molar-refractivity contribution in [2.45, 2.75) is 43.9 Å². The van der Waals surface area contributed by atoms with Gasteiger partial charge in [0.15, 0.2) is 5.16 Å². The van der Waals surface area contributed by atoms with Gasteiger partial charge < -0.3 is 10.5 Å². The Morgan fingerprint density at radius 1 is 1.17 bits per heavy atom. The molecular weight excluding hydrogens is 398 g/mol. The lowest BCUT2D eigenvalue weighted by molar-refractivity contribution is 0.00203. The summed E-state index contributed by atoms with van der Waals surface area (Å²) in [6, 6.07) is 14.9. The third-order valence-electron chi connectivity index (χ3n) is 5.56. The fourth-order valence-corrected chi connectivity index (χ4v) is 5.98. The third kappa shape index (κ3) is 3.50. The maximum Gasteiger partial charge on any atom is 0.191 e. The van der Waals surface area contributed by atoms with Crippen molar-refractivity contribution in [3.05, 3.63) is 58.5 Å². The first kappa shape index (κ1) is 18.9. The fourth-order valence-electron chi connectivity index (χ4n) is 3.94. The molecule has 2 N–H and O–H groups in total. The third-order valence-corrected chi connectivity index (χ3v) is 7.55. The lowest BCUT2D eigenvalue weighted by Crippen LogP contribution is -2.26. The van der Waals surface area contributed by atoms with Crippen molar-refractivity contribution < 1.29 is 4.74 Å². The minimum absolute atomic E-state index is 0.236. The molecule has 0 spiro atoms. The first-order chi connectivity index (χ1) is 14.1. The van der Waals surface area contributed by atoms with Crippen LogP contribution in [0.2, 0.25) is 0 Å². The Labute approximate surface area is 178 Å². The first-order valence-corrected chi connectivity index (χ1v) is 11.7. The summed E-state index contributed by atoms with van der Waals surface area (Å²) in [4.78, 5) is 11.7. The monoisotopic (exact) mass is 421 g/mol. The number of nitrogen functional groups attached to an aromatic ring is 1. The lowest BCUT2D eigenvalue weighted by atomic mass is 9.96. The van der Waals surface area contributed by atoms with E-state index in [1.165, 1.54) is 26.8 Å². The molecule has 2 aromatic carbocycles. The molecule has 6 heteroatoms. The number of aromatic nitrogens is 2. The molecule has 1 aliphatic heterocycles. The SMILES string of the molecule is CC(C)[C@@H]1Cc2c(sc3nc(SCc4cccc5ccccc45)nc(N)c23)CO1. The van der Waals surface area contributed by atoms with Crippen molar-refractivity contribution in [2.75, 3.05) is 5.73 Å². The molecule has 0 fully saturated rings. The standard InChI is InChI=1S/C23H23N3OS2/c1-13(2)18-10-17-19(11-27-18)29-22-20(17)21(24)25-23(26-22)28-12-15-8-5-7-14-6-3-4-9-16(14)15/h3-9,13,18H,10-12H2,1-2H3,(H2,24,25,26)/t18-/m0/s1. The molecular formula is C23H23N3OS2. The van der Waals surface area contributed by atoms with E-state index >= 15 is 0 Å². The van der Waals surface area contributed by atoms with E-state index in [1.807, 2.05) is 0 Å². The van der Waals surface area contributed by atoms with E-state index in [0.717, 1.165) is 27.5 Å². The Balaban J connectivity index is 1.45. The van der Waals surface area contributed by atoms with Crippen molar-refractivity contribution in [2.24, 2.45) is 5.92 Å². The molecule has 2 aromatic heterocycles. The summed E-state index contributed by atoms with van der Waals surface area (Å²) in [6.45, 7) is 5.05. The topological polar surface area (TPSA) is 61.0 Å². The number of nitrogens with two attached hydrogens (primary N) is 1. The van der Waals surface area contributed by atoms with Gasteiger partial charge in [-0.1, -0.05) is 68.1 Å². The number of ether oxygens (including phenoxy) is 1. The second-order valence-corrected chi connectivity index (χ2v) is 9.83. The van der Waals surface area contributed by atoms with Gasteiger partial charge in [-0.3, -0.25) is 0 Å². The van der Waals surface area contributed by atoms with Crippen LogP contribution in [0.5, 0.6) is 0 Å². The Bertz CT molecular complexity index is 1200. The summed E-state index contributed by atoms with van der Waals surface area (Å²) < 4.78 is 6.03. The van der Waals surface area contributed by atoms with Crippen molar-refractivity contribution in [1.29, 1.82) is 0 Å². The van der Waals surface area contributed by atoms with Gasteiger partial charge in [0.2, 0.25) is 0 Å². The van der Waals surface area contributed by atoms with Crippen molar-refractivity contribution >= 4 is 49.9 Å². The van der Waals surface area contributed by atoms with Gasteiger partial charge in [-0.05, 0) is 27.8 Å². The molecule has 3 heterocycles. The van der Waals surface area contributed by atoms with E-state index < -0.39 is 0 Å². The highest BCUT2D eigenvalue weighted by Gasteiger charge is 2.27. The second kappa shape index (κ2) is 7.59. The molecule has 0 saturated heterocycles. The zero-order valence-corrected chi connectivity index (χ0v) is 18.1. The van der Waals surface area contributed by atoms with Gasteiger partial charge in [-0.2, -0.15) is 0 Å². The van der Waals surface area contributed by atoms with Gasteiger partial charge >= 0.3 is 0 Å². The molecule has 5 rings (SSSR count). The van der Waals surface area contributed by atoms with Crippen LogP contribution in [0, 0.1) is 5.92 Å². The maximum absolute atomic E-state index is 6.41. The smallest absolute Gasteiger partial charge is 0.191 e. The minimum atomic E-state index is 0.236. The number of thiophene rings is 1. The summed E-state index contributed by atoms with van der Waals surface area (Å²) in [5.41, 5.74) is 8.98. The van der Waals surface area contributed by atoms with Crippen LogP contribution in [0.4, 0.5) is 5.82 Å². The molecule has 0 radical (unpaired) electrons. The number of anilines is 1. The largest absolute Gasteiger partial charge is 0.383 e. The number of fused-ring (bicyclic) bond motifs is 4. The zero-order chi connectivity index (χ0) is 20.0. The molecule has 0 saturated carbocycles. The molecule has 29 heavy (non-hydrogen) atoms. The van der Waals surface area contributed by atoms with E-state index in [1.54, 1.807) is 23.1 Å². The Morgan fingerprint density at radius 2 is 2.00 bits per heavy atom. The summed E-state index contributed by atoms with van der Waals surface area (Å²) in [5, 5.41) is 4.31. The number of benzene rings is 2. The van der Waals surface area contributed by atoms with Gasteiger partial charge in [0.1, 0.15) is 10.6 Å². The van der Waals surface area contributed by atoms with Crippen LogP contribution in [0.3, 0.4) is 0 Å². The van der Waals surface area contributed by atoms with Crippen LogP contribution in [0.1, 0.15) is 29.9 Å². The quantitative estimate of drug-likeness (QED) is 0.332. The number of nitrogens with zero attached hydrogens (tertiary/aromatic N) is 2. The molecule has 0 bridgehead atoms. The summed E-state index contributed by atoms with van der Waals surface area (Å²) in [6.07, 6.45) is 1.13. The highest BCUT2D eigenvalue weighted by Crippen LogP contribution is 2.39. The van der Waals surface area contributed by atoms with Crippen LogP contribution in [0.25, 0.3) is 21.0 Å².